The minimum atomic E-state index is -0.578. The van der Waals surface area contributed by atoms with Gasteiger partial charge in [-0.05, 0) is 26.3 Å². The first-order valence-corrected chi connectivity index (χ1v) is 6.71. The molecule has 0 radical (unpaired) electrons. The van der Waals surface area contributed by atoms with Gasteiger partial charge in [0.1, 0.15) is 5.56 Å². The summed E-state index contributed by atoms with van der Waals surface area (Å²) in [5, 5.41) is 13.3. The third-order valence-electron chi connectivity index (χ3n) is 3.32. The Kier molecular flexibility index (Phi) is 3.53. The van der Waals surface area contributed by atoms with Crippen molar-refractivity contribution < 1.29 is 9.21 Å². The second kappa shape index (κ2) is 5.49. The van der Waals surface area contributed by atoms with E-state index in [1.807, 2.05) is 0 Å². The van der Waals surface area contributed by atoms with Crippen molar-refractivity contribution in [3.63, 3.8) is 0 Å². The molecule has 1 unspecified atom stereocenters. The summed E-state index contributed by atoms with van der Waals surface area (Å²) >= 11 is 0. The van der Waals surface area contributed by atoms with Crippen LogP contribution in [0.2, 0.25) is 0 Å². The smallest absolute Gasteiger partial charge is 0.322 e. The molecule has 8 nitrogen and oxygen atoms in total. The van der Waals surface area contributed by atoms with Crippen molar-refractivity contribution in [2.24, 2.45) is 0 Å². The summed E-state index contributed by atoms with van der Waals surface area (Å²) in [4.78, 5) is 26.6. The first kappa shape index (κ1) is 13.5. The Bertz CT molecular complexity index is 715. The van der Waals surface area contributed by atoms with E-state index in [9.17, 15) is 9.59 Å². The normalized spacial score (nSPS) is 17.9. The van der Waals surface area contributed by atoms with Gasteiger partial charge in [0.15, 0.2) is 5.43 Å². The van der Waals surface area contributed by atoms with Crippen molar-refractivity contribution in [3.05, 3.63) is 39.6 Å². The quantitative estimate of drug-likeness (QED) is 0.768. The van der Waals surface area contributed by atoms with Gasteiger partial charge in [-0.1, -0.05) is 5.10 Å². The van der Waals surface area contributed by atoms with E-state index >= 15 is 0 Å². The molecular formula is C13H15N5O3. The van der Waals surface area contributed by atoms with Crippen LogP contribution in [0.1, 0.15) is 40.8 Å². The lowest BCUT2D eigenvalue weighted by atomic mass is 10.2. The van der Waals surface area contributed by atoms with Gasteiger partial charge in [0.05, 0.1) is 6.04 Å². The molecule has 21 heavy (non-hydrogen) atoms. The lowest BCUT2D eigenvalue weighted by molar-refractivity contribution is 0.102. The Morgan fingerprint density at radius 2 is 2.33 bits per heavy atom. The molecule has 0 aliphatic carbocycles. The number of nitrogens with zero attached hydrogens (tertiary/aromatic N) is 2. The van der Waals surface area contributed by atoms with Crippen molar-refractivity contribution in [3.8, 4) is 0 Å². The van der Waals surface area contributed by atoms with Gasteiger partial charge in [0.25, 0.3) is 5.91 Å². The van der Waals surface area contributed by atoms with E-state index in [0.717, 1.165) is 19.4 Å². The number of carbonyl (C=O) groups is 1. The molecule has 1 aliphatic heterocycles. The number of aromatic nitrogens is 3. The maximum absolute atomic E-state index is 12.0. The summed E-state index contributed by atoms with van der Waals surface area (Å²) in [5.74, 6) is -0.133. The van der Waals surface area contributed by atoms with Crippen LogP contribution >= 0.6 is 0 Å². The average Bonchev–Trinajstić information content (AvgIpc) is 3.08. The highest BCUT2D eigenvalue weighted by molar-refractivity contribution is 6.02. The van der Waals surface area contributed by atoms with Gasteiger partial charge in [0.2, 0.25) is 5.89 Å². The molecule has 0 saturated carbocycles. The molecule has 3 rings (SSSR count). The SMILES string of the molecule is Cc1cc(=O)c(C(=O)Nc2nnc(C3CCCN3)o2)c[nH]1. The standard InChI is InChI=1S/C13H15N5O3/c1-7-5-10(19)8(6-15-7)11(20)16-13-18-17-12(21-13)9-3-2-4-14-9/h5-6,9,14H,2-4H2,1H3,(H,15,19)(H,16,18,20). The van der Waals surface area contributed by atoms with Crippen LogP contribution in [0, 0.1) is 6.92 Å². The number of rotatable bonds is 3. The minimum Gasteiger partial charge on any atom is -0.406 e. The highest BCUT2D eigenvalue weighted by Gasteiger charge is 2.23. The molecule has 1 atom stereocenters. The Morgan fingerprint density at radius 3 is 3.05 bits per heavy atom. The molecule has 0 spiro atoms. The summed E-state index contributed by atoms with van der Waals surface area (Å²) in [7, 11) is 0. The van der Waals surface area contributed by atoms with Crippen molar-refractivity contribution in [1.82, 2.24) is 20.5 Å². The number of nitrogens with one attached hydrogen (secondary N) is 3. The number of hydrogen-bond acceptors (Lipinski definition) is 6. The second-order valence-corrected chi connectivity index (χ2v) is 4.94. The summed E-state index contributed by atoms with van der Waals surface area (Å²) in [6, 6.07) is 1.38. The van der Waals surface area contributed by atoms with Crippen LogP contribution in [0.3, 0.4) is 0 Å². The van der Waals surface area contributed by atoms with E-state index in [0.29, 0.717) is 11.6 Å². The van der Waals surface area contributed by atoms with E-state index in [1.54, 1.807) is 6.92 Å². The zero-order chi connectivity index (χ0) is 14.8. The van der Waals surface area contributed by atoms with Gasteiger partial charge >= 0.3 is 6.01 Å². The summed E-state index contributed by atoms with van der Waals surface area (Å²) < 4.78 is 5.39. The zero-order valence-electron chi connectivity index (χ0n) is 11.5. The molecule has 0 aromatic carbocycles. The van der Waals surface area contributed by atoms with Crippen LogP contribution < -0.4 is 16.1 Å². The molecular weight excluding hydrogens is 274 g/mol. The highest BCUT2D eigenvalue weighted by Crippen LogP contribution is 2.22. The molecule has 110 valence electrons. The van der Waals surface area contributed by atoms with Crippen LogP contribution in [0.15, 0.2) is 21.5 Å². The predicted octanol–water partition coefficient (Wildman–Crippen LogP) is 0.743. The Morgan fingerprint density at radius 1 is 1.48 bits per heavy atom. The van der Waals surface area contributed by atoms with E-state index in [-0.39, 0.29) is 23.0 Å². The number of aromatic amines is 1. The van der Waals surface area contributed by atoms with Crippen LogP contribution in [0.25, 0.3) is 0 Å². The van der Waals surface area contributed by atoms with Crippen LogP contribution in [0.4, 0.5) is 6.01 Å². The molecule has 2 aromatic rings. The number of anilines is 1. The number of carbonyl (C=O) groups excluding carboxylic acids is 1. The van der Waals surface area contributed by atoms with Gasteiger partial charge in [0, 0.05) is 18.0 Å². The Hall–Kier alpha value is -2.48. The largest absolute Gasteiger partial charge is 0.406 e. The molecule has 1 amide bonds. The molecule has 0 bridgehead atoms. The van der Waals surface area contributed by atoms with E-state index < -0.39 is 5.91 Å². The van der Waals surface area contributed by atoms with Gasteiger partial charge in [-0.25, -0.2) is 0 Å². The molecule has 1 fully saturated rings. The van der Waals surface area contributed by atoms with Crippen molar-refractivity contribution in [1.29, 1.82) is 0 Å². The number of H-pyrrole nitrogens is 1. The topological polar surface area (TPSA) is 113 Å². The number of pyridine rings is 1. The molecule has 2 aromatic heterocycles. The number of amides is 1. The number of hydrogen-bond donors (Lipinski definition) is 3. The monoisotopic (exact) mass is 289 g/mol. The van der Waals surface area contributed by atoms with Crippen molar-refractivity contribution in [2.45, 2.75) is 25.8 Å². The minimum absolute atomic E-state index is 0.000610. The fourth-order valence-electron chi connectivity index (χ4n) is 2.24. The first-order chi connectivity index (χ1) is 10.1. The van der Waals surface area contributed by atoms with Gasteiger partial charge in [-0.2, -0.15) is 0 Å². The molecule has 1 saturated heterocycles. The van der Waals surface area contributed by atoms with Crippen LogP contribution in [-0.4, -0.2) is 27.6 Å². The van der Waals surface area contributed by atoms with Crippen molar-refractivity contribution >= 4 is 11.9 Å². The van der Waals surface area contributed by atoms with Gasteiger partial charge in [-0.3, -0.25) is 14.9 Å². The predicted molar refractivity (Wildman–Crippen MR) is 74.0 cm³/mol. The van der Waals surface area contributed by atoms with Crippen LogP contribution in [-0.2, 0) is 0 Å². The summed E-state index contributed by atoms with van der Waals surface area (Å²) in [6.45, 7) is 2.65. The summed E-state index contributed by atoms with van der Waals surface area (Å²) in [5.41, 5.74) is 0.323. The molecule has 8 heteroatoms. The van der Waals surface area contributed by atoms with E-state index in [2.05, 4.69) is 25.8 Å². The average molecular weight is 289 g/mol. The summed E-state index contributed by atoms with van der Waals surface area (Å²) in [6.07, 6.45) is 3.34. The van der Waals surface area contributed by atoms with Crippen molar-refractivity contribution in [2.75, 3.05) is 11.9 Å². The van der Waals surface area contributed by atoms with Gasteiger partial charge < -0.3 is 14.7 Å². The Balaban J connectivity index is 1.74. The van der Waals surface area contributed by atoms with E-state index in [4.69, 9.17) is 4.42 Å². The third kappa shape index (κ3) is 2.84. The molecule has 3 heterocycles. The molecule has 1 aliphatic rings. The Labute approximate surface area is 120 Å². The van der Waals surface area contributed by atoms with Crippen LogP contribution in [0.5, 0.6) is 0 Å². The van der Waals surface area contributed by atoms with Gasteiger partial charge in [-0.15, -0.1) is 5.10 Å². The second-order valence-electron chi connectivity index (χ2n) is 4.94. The zero-order valence-corrected chi connectivity index (χ0v) is 11.5. The maximum atomic E-state index is 12.0. The fraction of sp³-hybridized carbons (Fsp3) is 0.385. The first-order valence-electron chi connectivity index (χ1n) is 6.71. The lowest BCUT2D eigenvalue weighted by Crippen LogP contribution is -2.21. The maximum Gasteiger partial charge on any atom is 0.322 e. The fourth-order valence-corrected chi connectivity index (χ4v) is 2.24. The lowest BCUT2D eigenvalue weighted by Gasteiger charge is -2.03. The highest BCUT2D eigenvalue weighted by atomic mass is 16.4. The third-order valence-corrected chi connectivity index (χ3v) is 3.32. The number of aryl methyl sites for hydroxylation is 1. The molecule has 3 N–H and O–H groups in total. The van der Waals surface area contributed by atoms with E-state index in [1.165, 1.54) is 12.3 Å².